The summed E-state index contributed by atoms with van der Waals surface area (Å²) in [6.45, 7) is 0.649. The highest BCUT2D eigenvalue weighted by Crippen LogP contribution is 2.22. The molecule has 0 fully saturated rings. The van der Waals surface area contributed by atoms with E-state index in [-0.39, 0.29) is 5.91 Å². The van der Waals surface area contributed by atoms with Gasteiger partial charge in [0, 0.05) is 24.9 Å². The Bertz CT molecular complexity index is 419. The minimum atomic E-state index is -0.263. The van der Waals surface area contributed by atoms with Crippen LogP contribution in [0.4, 0.5) is 0 Å². The number of fused-ring (bicyclic) bond motifs is 1. The first-order valence-electron chi connectivity index (χ1n) is 4.59. The lowest BCUT2D eigenvalue weighted by Gasteiger charge is -2.10. The first-order chi connectivity index (χ1) is 6.77. The van der Waals surface area contributed by atoms with Crippen molar-refractivity contribution in [2.75, 3.05) is 0 Å². The summed E-state index contributed by atoms with van der Waals surface area (Å²) in [5.74, 6) is -0.263. The topological polar surface area (TPSA) is 48.0 Å². The van der Waals surface area contributed by atoms with E-state index in [4.69, 9.17) is 5.73 Å². The Labute approximate surface area is 82.5 Å². The molecule has 0 saturated heterocycles. The van der Waals surface area contributed by atoms with Crippen LogP contribution in [0.3, 0.4) is 0 Å². The summed E-state index contributed by atoms with van der Waals surface area (Å²) >= 11 is 0. The van der Waals surface area contributed by atoms with E-state index in [0.717, 1.165) is 5.69 Å². The number of amides is 1. The van der Waals surface area contributed by atoms with E-state index in [1.165, 1.54) is 5.56 Å². The van der Waals surface area contributed by atoms with Gasteiger partial charge >= 0.3 is 0 Å². The van der Waals surface area contributed by atoms with Crippen LogP contribution in [0, 0.1) is 0 Å². The molecule has 0 aromatic heterocycles. The summed E-state index contributed by atoms with van der Waals surface area (Å²) in [5.41, 5.74) is 7.45. The number of hydrogen-bond donors (Lipinski definition) is 1. The fraction of sp³-hybridized carbons (Fsp3) is 0.182. The molecule has 1 aliphatic carbocycles. The maximum atomic E-state index is 10.7. The van der Waals surface area contributed by atoms with Crippen molar-refractivity contribution >= 4 is 5.91 Å². The Kier molecular flexibility index (Phi) is 2.23. The quantitative estimate of drug-likeness (QED) is 0.779. The average molecular weight is 188 g/mol. The first-order valence-corrected chi connectivity index (χ1v) is 4.59. The SMILES string of the molecule is NC(=O)CCn1cccc2cccc1-2. The van der Waals surface area contributed by atoms with Crippen LogP contribution in [0.15, 0.2) is 36.5 Å². The standard InChI is InChI=1S/C11H12N2O/c12-11(14)6-8-13-7-2-4-9-3-1-5-10(9)13/h1-5,7H,6,8H2,(H2,12,14). The number of aromatic nitrogens is 1. The third-order valence-corrected chi connectivity index (χ3v) is 2.28. The van der Waals surface area contributed by atoms with Crippen LogP contribution in [0.1, 0.15) is 6.42 Å². The van der Waals surface area contributed by atoms with Gasteiger partial charge in [0.05, 0.1) is 0 Å². The molecule has 0 saturated carbocycles. The van der Waals surface area contributed by atoms with Gasteiger partial charge in [0.25, 0.3) is 0 Å². The number of primary amides is 1. The molecule has 1 aliphatic heterocycles. The van der Waals surface area contributed by atoms with Crippen molar-refractivity contribution in [3.8, 4) is 11.3 Å². The maximum Gasteiger partial charge on any atom is 0.219 e. The molecule has 1 heterocycles. The van der Waals surface area contributed by atoms with Gasteiger partial charge in [-0.25, -0.2) is 0 Å². The molecule has 72 valence electrons. The van der Waals surface area contributed by atoms with E-state index >= 15 is 0 Å². The molecule has 0 bridgehead atoms. The monoisotopic (exact) mass is 188 g/mol. The third kappa shape index (κ3) is 1.62. The van der Waals surface area contributed by atoms with Crippen LogP contribution in [0.5, 0.6) is 0 Å². The molecule has 0 aromatic carbocycles. The smallest absolute Gasteiger partial charge is 0.219 e. The van der Waals surface area contributed by atoms with Crippen LogP contribution in [-0.4, -0.2) is 10.5 Å². The molecule has 3 nitrogen and oxygen atoms in total. The number of carbonyl (C=O) groups is 1. The van der Waals surface area contributed by atoms with Crippen molar-refractivity contribution in [2.45, 2.75) is 13.0 Å². The molecular weight excluding hydrogens is 176 g/mol. The molecular formula is C11H12N2O. The predicted molar refractivity (Wildman–Crippen MR) is 54.9 cm³/mol. The van der Waals surface area contributed by atoms with E-state index in [1.54, 1.807) is 0 Å². The highest BCUT2D eigenvalue weighted by Gasteiger charge is 2.05. The van der Waals surface area contributed by atoms with Crippen molar-refractivity contribution in [3.63, 3.8) is 0 Å². The minimum absolute atomic E-state index is 0.263. The Morgan fingerprint density at radius 2 is 2.07 bits per heavy atom. The largest absolute Gasteiger partial charge is 0.370 e. The maximum absolute atomic E-state index is 10.7. The second-order valence-electron chi connectivity index (χ2n) is 3.28. The molecule has 3 heteroatoms. The van der Waals surface area contributed by atoms with E-state index < -0.39 is 0 Å². The summed E-state index contributed by atoms with van der Waals surface area (Å²) < 4.78 is 2.04. The van der Waals surface area contributed by atoms with Gasteiger partial charge in [-0.05, 0) is 17.7 Å². The fourth-order valence-electron chi connectivity index (χ4n) is 1.58. The summed E-state index contributed by atoms with van der Waals surface area (Å²) in [6, 6.07) is 10.1. The van der Waals surface area contributed by atoms with Crippen molar-refractivity contribution < 1.29 is 4.79 Å². The zero-order valence-electron chi connectivity index (χ0n) is 7.81. The summed E-state index contributed by atoms with van der Waals surface area (Å²) in [7, 11) is 0. The number of nitrogens with two attached hydrogens (primary N) is 1. The molecule has 0 spiro atoms. The summed E-state index contributed by atoms with van der Waals surface area (Å²) in [6.07, 6.45) is 2.35. The Hall–Kier alpha value is -1.77. The highest BCUT2D eigenvalue weighted by atomic mass is 16.1. The Balaban J connectivity index is 2.25. The van der Waals surface area contributed by atoms with E-state index in [9.17, 15) is 4.79 Å². The molecule has 2 N–H and O–H groups in total. The van der Waals surface area contributed by atoms with Crippen LogP contribution < -0.4 is 5.73 Å². The van der Waals surface area contributed by atoms with Crippen LogP contribution in [0.2, 0.25) is 0 Å². The Morgan fingerprint density at radius 1 is 1.29 bits per heavy atom. The van der Waals surface area contributed by atoms with Gasteiger partial charge < -0.3 is 10.3 Å². The van der Waals surface area contributed by atoms with Gasteiger partial charge in [-0.15, -0.1) is 0 Å². The van der Waals surface area contributed by atoms with Crippen molar-refractivity contribution in [1.82, 2.24) is 4.57 Å². The molecule has 2 rings (SSSR count). The third-order valence-electron chi connectivity index (χ3n) is 2.28. The van der Waals surface area contributed by atoms with Gasteiger partial charge in [0.1, 0.15) is 0 Å². The zero-order chi connectivity index (χ0) is 9.97. The van der Waals surface area contributed by atoms with Crippen LogP contribution in [0.25, 0.3) is 11.3 Å². The van der Waals surface area contributed by atoms with Gasteiger partial charge in [0.15, 0.2) is 0 Å². The first kappa shape index (κ1) is 8.81. The second-order valence-corrected chi connectivity index (χ2v) is 3.28. The summed E-state index contributed by atoms with van der Waals surface area (Å²) in [4.78, 5) is 10.7. The van der Waals surface area contributed by atoms with Crippen LogP contribution >= 0.6 is 0 Å². The second kappa shape index (κ2) is 3.54. The average Bonchev–Trinajstić information content (AvgIpc) is 2.62. The zero-order valence-corrected chi connectivity index (χ0v) is 7.81. The molecule has 2 aliphatic rings. The van der Waals surface area contributed by atoms with E-state index in [1.807, 2.05) is 29.0 Å². The molecule has 1 amide bonds. The molecule has 0 atom stereocenters. The van der Waals surface area contributed by atoms with Gasteiger partial charge in [-0.3, -0.25) is 4.79 Å². The normalized spacial score (nSPS) is 10.6. The number of pyridine rings is 1. The predicted octanol–water partition coefficient (Wildman–Crippen LogP) is 1.47. The van der Waals surface area contributed by atoms with Gasteiger partial charge in [0.2, 0.25) is 5.91 Å². The summed E-state index contributed by atoms with van der Waals surface area (Å²) in [5, 5.41) is 0. The number of aryl methyl sites for hydroxylation is 1. The lowest BCUT2D eigenvalue weighted by Crippen LogP contribution is -2.14. The van der Waals surface area contributed by atoms with Crippen molar-refractivity contribution in [2.24, 2.45) is 5.73 Å². The van der Waals surface area contributed by atoms with Gasteiger partial charge in [-0.2, -0.15) is 0 Å². The van der Waals surface area contributed by atoms with E-state index in [0.29, 0.717) is 13.0 Å². The lowest BCUT2D eigenvalue weighted by molar-refractivity contribution is -0.118. The number of nitrogens with zero attached hydrogens (tertiary/aromatic N) is 1. The van der Waals surface area contributed by atoms with Gasteiger partial charge in [-0.1, -0.05) is 18.2 Å². The fourth-order valence-corrected chi connectivity index (χ4v) is 1.58. The van der Waals surface area contributed by atoms with E-state index in [2.05, 4.69) is 12.1 Å². The van der Waals surface area contributed by atoms with Crippen molar-refractivity contribution in [3.05, 3.63) is 36.5 Å². The molecule has 14 heavy (non-hydrogen) atoms. The lowest BCUT2D eigenvalue weighted by atomic mass is 10.2. The molecule has 0 unspecified atom stereocenters. The number of carbonyl (C=O) groups excluding carboxylic acids is 1. The Morgan fingerprint density at radius 3 is 2.86 bits per heavy atom. The van der Waals surface area contributed by atoms with Crippen LogP contribution in [-0.2, 0) is 11.3 Å². The highest BCUT2D eigenvalue weighted by molar-refractivity contribution is 5.73. The number of rotatable bonds is 3. The molecule has 0 aromatic rings. The number of hydrogen-bond acceptors (Lipinski definition) is 1. The molecule has 0 radical (unpaired) electrons. The van der Waals surface area contributed by atoms with Crippen molar-refractivity contribution in [1.29, 1.82) is 0 Å². The minimum Gasteiger partial charge on any atom is -0.370 e.